The quantitative estimate of drug-likeness (QED) is 0.107. The summed E-state index contributed by atoms with van der Waals surface area (Å²) in [5, 5.41) is 6.12. The summed E-state index contributed by atoms with van der Waals surface area (Å²) in [6.45, 7) is 0. The van der Waals surface area contributed by atoms with E-state index in [-0.39, 0.29) is 16.3 Å². The van der Waals surface area contributed by atoms with E-state index in [9.17, 15) is 11.0 Å². The van der Waals surface area contributed by atoms with Crippen molar-refractivity contribution in [1.82, 2.24) is 28.7 Å². The number of rotatable bonds is 9. The maximum atomic E-state index is 10.2. The van der Waals surface area contributed by atoms with E-state index in [4.69, 9.17) is 23.2 Å². The fourth-order valence-electron chi connectivity index (χ4n) is 11.3. The number of benzene rings is 11. The third-order valence-corrected chi connectivity index (χ3v) is 18.9. The lowest BCUT2D eigenvalue weighted by Gasteiger charge is -2.34. The van der Waals surface area contributed by atoms with Crippen LogP contribution in [-0.2, 0) is 0 Å². The second kappa shape index (κ2) is 17.6. The summed E-state index contributed by atoms with van der Waals surface area (Å²) in [5.41, 5.74) is 5.77. The summed E-state index contributed by atoms with van der Waals surface area (Å²) in [4.78, 5) is 14.9. The van der Waals surface area contributed by atoms with Crippen LogP contribution in [0.1, 0.15) is 19.2 Å². The third-order valence-electron chi connectivity index (χ3n) is 14.5. The molecule has 356 valence electrons. The van der Waals surface area contributed by atoms with Crippen molar-refractivity contribution in [1.29, 1.82) is 0 Å². The van der Waals surface area contributed by atoms with Gasteiger partial charge in [0, 0.05) is 49.1 Å². The molecular formula is C69H46N6Si. The van der Waals surface area contributed by atoms with Gasteiger partial charge in [0.2, 0.25) is 5.95 Å². The predicted octanol–water partition coefficient (Wildman–Crippen LogP) is 13.9. The minimum atomic E-state index is -4.56. The van der Waals surface area contributed by atoms with Gasteiger partial charge in [-0.1, -0.05) is 230 Å². The standard InChI is InChI=1S/C69H46N6Si/c1-5-22-47(23-6-1)67-70-68(48-40-43-53(44-41-48)76(50-24-7-2-8-25-50,51-26-9-3-10-27-51)52-28-11-4-12-29-52)72-69(71-67)75-63-38-20-15-32-56(63)58-34-21-39-65(66(58)75)74-62-37-19-16-33-57(62)59-46-49(42-45-64(59)74)73-60-35-17-13-30-54(60)55-31-14-18-36-61(55)73/h1-46H/i1D,2D,5D,6D,7D,8D,22D,23D,24D,25D,40D,41D,43D,44D. The average molecular weight is 1000 g/mol. The molecule has 15 aromatic rings. The Hall–Kier alpha value is -9.95. The van der Waals surface area contributed by atoms with Gasteiger partial charge in [0.05, 0.1) is 58.0 Å². The molecule has 0 saturated carbocycles. The van der Waals surface area contributed by atoms with Gasteiger partial charge in [0.15, 0.2) is 19.7 Å². The van der Waals surface area contributed by atoms with Gasteiger partial charge < -0.3 is 9.13 Å². The second-order valence-electron chi connectivity index (χ2n) is 18.5. The summed E-state index contributed by atoms with van der Waals surface area (Å²) >= 11 is 0. The van der Waals surface area contributed by atoms with Crippen LogP contribution in [0.15, 0.2) is 279 Å². The number of hydrogen-bond donors (Lipinski definition) is 0. The minimum absolute atomic E-state index is 0.160. The molecule has 0 aliphatic carbocycles. The molecule has 0 bridgehead atoms. The summed E-state index contributed by atoms with van der Waals surface area (Å²) in [6.07, 6.45) is 0. The van der Waals surface area contributed by atoms with Crippen molar-refractivity contribution < 1.29 is 19.2 Å². The molecule has 0 aliphatic rings. The van der Waals surface area contributed by atoms with Crippen molar-refractivity contribution >= 4 is 94.2 Å². The van der Waals surface area contributed by atoms with Crippen LogP contribution in [0.25, 0.3) is 106 Å². The lowest BCUT2D eigenvalue weighted by atomic mass is 10.1. The molecule has 0 N–H and O–H groups in total. The van der Waals surface area contributed by atoms with Crippen LogP contribution in [0.4, 0.5) is 0 Å². The molecule has 0 spiro atoms. The number of para-hydroxylation sites is 5. The van der Waals surface area contributed by atoms with Crippen molar-refractivity contribution in [3.05, 3.63) is 279 Å². The zero-order valence-corrected chi connectivity index (χ0v) is 41.2. The lowest BCUT2D eigenvalue weighted by Crippen LogP contribution is -2.74. The highest BCUT2D eigenvalue weighted by Crippen LogP contribution is 2.41. The number of nitrogens with zero attached hydrogens (tertiary/aromatic N) is 6. The van der Waals surface area contributed by atoms with E-state index in [1.165, 1.54) is 0 Å². The zero-order valence-electron chi connectivity index (χ0n) is 54.2. The topological polar surface area (TPSA) is 53.5 Å². The van der Waals surface area contributed by atoms with Crippen LogP contribution in [0, 0.1) is 0 Å². The molecule has 0 aliphatic heterocycles. The van der Waals surface area contributed by atoms with Gasteiger partial charge in [0.1, 0.15) is 0 Å². The predicted molar refractivity (Wildman–Crippen MR) is 317 cm³/mol. The van der Waals surface area contributed by atoms with Crippen molar-refractivity contribution in [2.75, 3.05) is 0 Å². The van der Waals surface area contributed by atoms with Gasteiger partial charge in [-0.25, -0.2) is 4.98 Å². The zero-order chi connectivity index (χ0) is 62.3. The molecular weight excluding hydrogens is 941 g/mol. The Labute approximate surface area is 459 Å². The van der Waals surface area contributed by atoms with Crippen LogP contribution in [0.3, 0.4) is 0 Å². The fourth-order valence-corrected chi connectivity index (χ4v) is 15.4. The Morgan fingerprint density at radius 1 is 0.316 bits per heavy atom. The highest BCUT2D eigenvalue weighted by atomic mass is 28.3. The van der Waals surface area contributed by atoms with E-state index in [2.05, 4.69) is 63.7 Å². The van der Waals surface area contributed by atoms with E-state index >= 15 is 0 Å². The average Bonchev–Trinajstić information content (AvgIpc) is 0.743. The number of fused-ring (bicyclic) bond motifs is 9. The molecule has 6 nitrogen and oxygen atoms in total. The van der Waals surface area contributed by atoms with E-state index in [1.54, 1.807) is 65.2 Å². The molecule has 76 heavy (non-hydrogen) atoms. The Morgan fingerprint density at radius 2 is 0.763 bits per heavy atom. The van der Waals surface area contributed by atoms with Gasteiger partial charge in [-0.2, -0.15) is 9.97 Å². The molecule has 15 rings (SSSR count). The van der Waals surface area contributed by atoms with Gasteiger partial charge in [0.25, 0.3) is 0 Å². The lowest BCUT2D eigenvalue weighted by molar-refractivity contribution is 0.950. The molecule has 4 heterocycles. The smallest absolute Gasteiger partial charge is 0.238 e. The van der Waals surface area contributed by atoms with Crippen molar-refractivity contribution in [3.63, 3.8) is 0 Å². The van der Waals surface area contributed by atoms with Gasteiger partial charge in [-0.05, 0) is 69.3 Å². The monoisotopic (exact) mass is 1000 g/mol. The molecule has 0 unspecified atom stereocenters. The number of hydrogen-bond acceptors (Lipinski definition) is 3. The highest BCUT2D eigenvalue weighted by Gasteiger charge is 2.41. The van der Waals surface area contributed by atoms with Crippen molar-refractivity contribution in [2.24, 2.45) is 0 Å². The normalized spacial score (nSPS) is 14.5. The largest absolute Gasteiger partial charge is 0.309 e. The van der Waals surface area contributed by atoms with E-state index in [0.717, 1.165) is 60.1 Å². The first-order chi connectivity index (χ1) is 43.5. The van der Waals surface area contributed by atoms with Crippen LogP contribution in [0.2, 0.25) is 0 Å². The first-order valence-corrected chi connectivity index (χ1v) is 26.7. The Bertz CT molecular complexity index is 5400. The molecule has 11 aromatic carbocycles. The first kappa shape index (κ1) is 31.6. The summed E-state index contributed by atoms with van der Waals surface area (Å²) in [6, 6.07) is 52.9. The van der Waals surface area contributed by atoms with E-state index < -0.39 is 115 Å². The van der Waals surface area contributed by atoms with Gasteiger partial charge >= 0.3 is 0 Å². The summed E-state index contributed by atoms with van der Waals surface area (Å²) in [7, 11) is -4.56. The van der Waals surface area contributed by atoms with Crippen molar-refractivity contribution in [2.45, 2.75) is 0 Å². The van der Waals surface area contributed by atoms with E-state index in [0.29, 0.717) is 27.1 Å². The highest BCUT2D eigenvalue weighted by molar-refractivity contribution is 7.19. The van der Waals surface area contributed by atoms with Crippen LogP contribution in [0.5, 0.6) is 0 Å². The summed E-state index contributed by atoms with van der Waals surface area (Å²) in [5.74, 6) is -1.04. The molecule has 0 fully saturated rings. The summed E-state index contributed by atoms with van der Waals surface area (Å²) < 4.78 is 137. The molecule has 0 saturated heterocycles. The van der Waals surface area contributed by atoms with Crippen LogP contribution in [-0.4, -0.2) is 36.7 Å². The van der Waals surface area contributed by atoms with E-state index in [1.807, 2.05) is 78.9 Å². The van der Waals surface area contributed by atoms with Gasteiger partial charge in [-0.15, -0.1) is 0 Å². The van der Waals surface area contributed by atoms with Gasteiger partial charge in [-0.3, -0.25) is 4.57 Å². The third kappa shape index (κ3) is 6.69. The van der Waals surface area contributed by atoms with Crippen molar-refractivity contribution in [3.8, 4) is 40.1 Å². The number of aromatic nitrogens is 6. The Morgan fingerprint density at radius 3 is 1.36 bits per heavy atom. The molecule has 0 atom stereocenters. The van der Waals surface area contributed by atoms with Crippen LogP contribution < -0.4 is 20.7 Å². The molecule has 0 radical (unpaired) electrons. The molecule has 7 heteroatoms. The SMILES string of the molecule is [2H]c1c([2H])c([2H])c(-c2nc(-c3c([2H])c([2H])c([Si](c4ccccc4)(c4ccccc4)c4c([2H])c([2H])c([2H])c([2H])c4[2H])c([2H])c3[2H])nc(-n3c4ccccc4c4cccc(-n5c6ccccc6c6cc(-n7c8ccccc8c8ccccc87)ccc65)c43)n2)c([2H])c1[2H]. The fraction of sp³-hybridized carbons (Fsp3) is 0. The second-order valence-corrected chi connectivity index (χ2v) is 22.1. The minimum Gasteiger partial charge on any atom is -0.309 e. The molecule has 0 amide bonds. The maximum absolute atomic E-state index is 10.2. The maximum Gasteiger partial charge on any atom is 0.238 e. The Balaban J connectivity index is 1.03. The molecule has 4 aromatic heterocycles. The first-order valence-electron chi connectivity index (χ1n) is 31.7. The van der Waals surface area contributed by atoms with Crippen LogP contribution >= 0.6 is 0 Å². The Kier molecular flexibility index (Phi) is 7.33.